The lowest BCUT2D eigenvalue weighted by atomic mass is 10.2. The molecule has 1 atom stereocenters. The van der Waals surface area contributed by atoms with E-state index in [4.69, 9.17) is 5.11 Å². The zero-order chi connectivity index (χ0) is 13.6. The molecule has 0 aliphatic carbocycles. The maximum absolute atomic E-state index is 11.6. The Bertz CT molecular complexity index is 379. The second kappa shape index (κ2) is 6.40. The largest absolute Gasteiger partial charge is 0.480 e. The summed E-state index contributed by atoms with van der Waals surface area (Å²) < 4.78 is 29.7. The maximum atomic E-state index is 11.6. The van der Waals surface area contributed by atoms with E-state index in [1.165, 1.54) is 13.8 Å². The Morgan fingerprint density at radius 1 is 1.41 bits per heavy atom. The molecule has 100 valence electrons. The number of hydrogen-bond acceptors (Lipinski definition) is 5. The number of nitrogens with zero attached hydrogens (tertiary/aromatic N) is 1. The highest BCUT2D eigenvalue weighted by Crippen LogP contribution is 2.06. The molecule has 0 fully saturated rings. The molecule has 8 nitrogen and oxygen atoms in total. The van der Waals surface area contributed by atoms with Crippen molar-refractivity contribution in [3.8, 4) is 0 Å². The zero-order valence-corrected chi connectivity index (χ0v) is 10.7. The molecule has 0 bridgehead atoms. The Morgan fingerprint density at radius 2 is 1.94 bits per heavy atom. The van der Waals surface area contributed by atoms with Gasteiger partial charge in [0.25, 0.3) is 0 Å². The van der Waals surface area contributed by atoms with E-state index in [9.17, 15) is 18.0 Å². The minimum absolute atomic E-state index is 0.0151. The van der Waals surface area contributed by atoms with Crippen LogP contribution in [0.2, 0.25) is 0 Å². The third-order valence-corrected chi connectivity index (χ3v) is 3.41. The van der Waals surface area contributed by atoms with Crippen LogP contribution in [0.4, 0.5) is 4.79 Å². The third kappa shape index (κ3) is 4.57. The summed E-state index contributed by atoms with van der Waals surface area (Å²) >= 11 is 0. The van der Waals surface area contributed by atoms with Crippen molar-refractivity contribution in [3.63, 3.8) is 0 Å². The fourth-order valence-corrected chi connectivity index (χ4v) is 2.08. The Morgan fingerprint density at radius 3 is 2.29 bits per heavy atom. The van der Waals surface area contributed by atoms with Crippen LogP contribution in [-0.4, -0.2) is 49.6 Å². The molecule has 0 rings (SSSR count). The molecule has 9 heteroatoms. The van der Waals surface area contributed by atoms with Gasteiger partial charge < -0.3 is 9.84 Å². The smallest absolute Gasteiger partial charge is 0.421 e. The Kier molecular flexibility index (Phi) is 5.89. The molecule has 0 radical (unpaired) electrons. The highest BCUT2D eigenvalue weighted by molar-refractivity contribution is 7.87. The molecule has 2 N–H and O–H groups in total. The summed E-state index contributed by atoms with van der Waals surface area (Å²) in [5, 5.41) is 8.79. The predicted molar refractivity (Wildman–Crippen MR) is 58.6 cm³/mol. The first-order valence-electron chi connectivity index (χ1n) is 4.91. The summed E-state index contributed by atoms with van der Waals surface area (Å²) in [6.45, 7) is 3.05. The van der Waals surface area contributed by atoms with E-state index in [0.29, 0.717) is 4.31 Å². The molecule has 0 aromatic heterocycles. The minimum atomic E-state index is -4.21. The fourth-order valence-electron chi connectivity index (χ4n) is 1.09. The van der Waals surface area contributed by atoms with Crippen molar-refractivity contribution in [1.29, 1.82) is 0 Å². The second-order valence-corrected chi connectivity index (χ2v) is 4.84. The number of hydrogen-bond donors (Lipinski definition) is 2. The quantitative estimate of drug-likeness (QED) is 0.688. The standard InChI is InChI=1S/C8H16N2O6S/c1-4-6(7(11)12)10(3)17(14,15)9-8(13)16-5-2/h6H,4-5H2,1-3H3,(H,9,13)(H,11,12). The number of carbonyl (C=O) groups excluding carboxylic acids is 1. The first-order chi connectivity index (χ1) is 7.76. The van der Waals surface area contributed by atoms with Gasteiger partial charge in [-0.2, -0.15) is 12.7 Å². The Hall–Kier alpha value is -1.35. The first kappa shape index (κ1) is 15.7. The number of nitrogens with one attached hydrogen (secondary N) is 1. The van der Waals surface area contributed by atoms with Crippen molar-refractivity contribution in [2.75, 3.05) is 13.7 Å². The molecule has 0 saturated carbocycles. The van der Waals surface area contributed by atoms with Crippen LogP contribution in [-0.2, 0) is 19.7 Å². The molecule has 1 unspecified atom stereocenters. The van der Waals surface area contributed by atoms with Crippen molar-refractivity contribution in [3.05, 3.63) is 0 Å². The van der Waals surface area contributed by atoms with Gasteiger partial charge in [0.15, 0.2) is 0 Å². The predicted octanol–water partition coefficient (Wildman–Crippen LogP) is -0.228. The van der Waals surface area contributed by atoms with E-state index >= 15 is 0 Å². The molecule has 0 spiro atoms. The van der Waals surface area contributed by atoms with Gasteiger partial charge in [-0.3, -0.25) is 4.79 Å². The van der Waals surface area contributed by atoms with E-state index in [0.717, 1.165) is 7.05 Å². The Labute approximate surface area is 99.7 Å². The van der Waals surface area contributed by atoms with Gasteiger partial charge in [0.05, 0.1) is 6.61 Å². The summed E-state index contributed by atoms with van der Waals surface area (Å²) in [5.41, 5.74) is 0. The van der Waals surface area contributed by atoms with E-state index in [2.05, 4.69) is 4.74 Å². The molecule has 17 heavy (non-hydrogen) atoms. The minimum Gasteiger partial charge on any atom is -0.480 e. The number of rotatable bonds is 6. The molecule has 0 aromatic carbocycles. The average molecular weight is 268 g/mol. The van der Waals surface area contributed by atoms with E-state index in [1.807, 2.05) is 0 Å². The molecule has 0 aliphatic rings. The summed E-state index contributed by atoms with van der Waals surface area (Å²) in [6.07, 6.45) is -1.06. The van der Waals surface area contributed by atoms with Crippen LogP contribution in [0.1, 0.15) is 20.3 Å². The van der Waals surface area contributed by atoms with Crippen molar-refractivity contribution in [2.45, 2.75) is 26.3 Å². The number of amides is 1. The lowest BCUT2D eigenvalue weighted by molar-refractivity contribution is -0.141. The third-order valence-electron chi connectivity index (χ3n) is 1.98. The Balaban J connectivity index is 4.81. The number of carboxylic acid groups (broad SMARTS) is 1. The molecule has 0 saturated heterocycles. The number of carboxylic acids is 1. The van der Waals surface area contributed by atoms with Crippen LogP contribution in [0.15, 0.2) is 0 Å². The van der Waals surface area contributed by atoms with Gasteiger partial charge >= 0.3 is 22.3 Å². The molecule has 0 aromatic rings. The normalized spacial score (nSPS) is 13.2. The number of carbonyl (C=O) groups is 2. The van der Waals surface area contributed by atoms with Crippen molar-refractivity contribution < 1.29 is 27.9 Å². The van der Waals surface area contributed by atoms with Crippen LogP contribution >= 0.6 is 0 Å². The number of aliphatic carboxylic acids is 1. The lowest BCUT2D eigenvalue weighted by Crippen LogP contribution is -2.49. The fraction of sp³-hybridized carbons (Fsp3) is 0.750. The van der Waals surface area contributed by atoms with Gasteiger partial charge in [-0.1, -0.05) is 6.92 Å². The van der Waals surface area contributed by atoms with Crippen LogP contribution in [0.5, 0.6) is 0 Å². The summed E-state index contributed by atoms with van der Waals surface area (Å²) in [6, 6.07) is -1.23. The molecule has 0 aliphatic heterocycles. The van der Waals surface area contributed by atoms with E-state index in [1.54, 1.807) is 4.72 Å². The highest BCUT2D eigenvalue weighted by Gasteiger charge is 2.31. The monoisotopic (exact) mass is 268 g/mol. The van der Waals surface area contributed by atoms with E-state index in [-0.39, 0.29) is 13.0 Å². The van der Waals surface area contributed by atoms with Gasteiger partial charge in [0.1, 0.15) is 6.04 Å². The molecular formula is C8H16N2O6S. The lowest BCUT2D eigenvalue weighted by Gasteiger charge is -2.22. The van der Waals surface area contributed by atoms with Crippen LogP contribution in [0.3, 0.4) is 0 Å². The first-order valence-corrected chi connectivity index (χ1v) is 6.35. The highest BCUT2D eigenvalue weighted by atomic mass is 32.2. The zero-order valence-electron chi connectivity index (χ0n) is 9.84. The maximum Gasteiger partial charge on any atom is 0.421 e. The van der Waals surface area contributed by atoms with Crippen LogP contribution in [0.25, 0.3) is 0 Å². The number of ether oxygens (including phenoxy) is 1. The van der Waals surface area contributed by atoms with Crippen molar-refractivity contribution in [2.24, 2.45) is 0 Å². The molecule has 1 amide bonds. The topological polar surface area (TPSA) is 113 Å². The summed E-state index contributed by atoms with van der Waals surface area (Å²) in [5.74, 6) is -1.29. The molecular weight excluding hydrogens is 252 g/mol. The van der Waals surface area contributed by atoms with Gasteiger partial charge in [0.2, 0.25) is 0 Å². The van der Waals surface area contributed by atoms with Gasteiger partial charge in [0, 0.05) is 7.05 Å². The summed E-state index contributed by atoms with van der Waals surface area (Å²) in [7, 11) is -3.14. The van der Waals surface area contributed by atoms with E-state index < -0.39 is 28.3 Å². The average Bonchev–Trinajstić information content (AvgIpc) is 2.17. The second-order valence-electron chi connectivity index (χ2n) is 3.11. The van der Waals surface area contributed by atoms with Crippen LogP contribution in [0, 0.1) is 0 Å². The van der Waals surface area contributed by atoms with Crippen LogP contribution < -0.4 is 4.72 Å². The van der Waals surface area contributed by atoms with Gasteiger partial charge in [-0.05, 0) is 13.3 Å². The molecule has 0 heterocycles. The van der Waals surface area contributed by atoms with Crippen molar-refractivity contribution >= 4 is 22.3 Å². The summed E-state index contributed by atoms with van der Waals surface area (Å²) in [4.78, 5) is 21.7. The van der Waals surface area contributed by atoms with Gasteiger partial charge in [-0.15, -0.1) is 0 Å². The SMILES string of the molecule is CCOC(=O)NS(=O)(=O)N(C)C(CC)C(=O)O. The van der Waals surface area contributed by atoms with Gasteiger partial charge in [-0.25, -0.2) is 9.52 Å². The van der Waals surface area contributed by atoms with Crippen molar-refractivity contribution in [1.82, 2.24) is 9.03 Å². The number of likely N-dealkylation sites (N-methyl/N-ethyl adjacent to an activating group) is 1.